The largest absolute Gasteiger partial charge is 0.481 e. The number of carbonyl (C=O) groups is 1. The summed E-state index contributed by atoms with van der Waals surface area (Å²) >= 11 is 0. The summed E-state index contributed by atoms with van der Waals surface area (Å²) in [6, 6.07) is 4.23. The zero-order valence-corrected chi connectivity index (χ0v) is 11.5. The Morgan fingerprint density at radius 2 is 2.05 bits per heavy atom. The van der Waals surface area contributed by atoms with E-state index in [0.717, 1.165) is 12.1 Å². The number of hydrogen-bond acceptors (Lipinski definition) is 3. The number of rotatable bonds is 5. The van der Waals surface area contributed by atoms with E-state index in [0.29, 0.717) is 0 Å². The van der Waals surface area contributed by atoms with Crippen LogP contribution in [0.15, 0.2) is 18.2 Å². The van der Waals surface area contributed by atoms with E-state index in [9.17, 15) is 18.0 Å². The van der Waals surface area contributed by atoms with Gasteiger partial charge in [0.15, 0.2) is 0 Å². The average molecular weight is 300 g/mol. The molecule has 0 saturated heterocycles. The Bertz CT molecular complexity index is 562. The van der Waals surface area contributed by atoms with Crippen LogP contribution in [0, 0.1) is 17.2 Å². The van der Waals surface area contributed by atoms with E-state index in [4.69, 9.17) is 10.4 Å². The molecular weight excluding hydrogens is 285 g/mol. The number of alkyl halides is 3. The molecule has 0 aliphatic heterocycles. The van der Waals surface area contributed by atoms with Crippen molar-refractivity contribution in [2.75, 3.05) is 5.32 Å². The van der Waals surface area contributed by atoms with Crippen molar-refractivity contribution in [2.45, 2.75) is 32.5 Å². The first-order chi connectivity index (χ1) is 9.65. The molecule has 0 spiro atoms. The number of carboxylic acids is 1. The van der Waals surface area contributed by atoms with Crippen molar-refractivity contribution < 1.29 is 23.1 Å². The normalized spacial score (nSPS) is 12.8. The lowest BCUT2D eigenvalue weighted by atomic mass is 10.00. The van der Waals surface area contributed by atoms with Crippen molar-refractivity contribution in [2.24, 2.45) is 5.92 Å². The van der Waals surface area contributed by atoms with Gasteiger partial charge in [0, 0.05) is 11.7 Å². The van der Waals surface area contributed by atoms with Gasteiger partial charge in [0.25, 0.3) is 0 Å². The molecule has 1 rings (SSSR count). The minimum Gasteiger partial charge on any atom is -0.481 e. The second kappa shape index (κ2) is 6.48. The third-order valence-corrected chi connectivity index (χ3v) is 3.00. The Morgan fingerprint density at radius 3 is 2.48 bits per heavy atom. The highest BCUT2D eigenvalue weighted by atomic mass is 19.4. The number of aliphatic carboxylic acids is 1. The number of nitrogens with one attached hydrogen (secondary N) is 1. The lowest BCUT2D eigenvalue weighted by molar-refractivity contribution is -0.138. The number of nitriles is 1. The Labute approximate surface area is 120 Å². The number of nitrogens with zero attached hydrogens (tertiary/aromatic N) is 1. The molecule has 1 atom stereocenters. The molecule has 114 valence electrons. The van der Waals surface area contributed by atoms with Crippen molar-refractivity contribution in [3.8, 4) is 6.07 Å². The summed E-state index contributed by atoms with van der Waals surface area (Å²) in [7, 11) is 0. The fourth-order valence-corrected chi connectivity index (χ4v) is 1.82. The summed E-state index contributed by atoms with van der Waals surface area (Å²) in [6.45, 7) is 3.55. The van der Waals surface area contributed by atoms with Crippen LogP contribution in [0.5, 0.6) is 0 Å². The van der Waals surface area contributed by atoms with E-state index in [1.165, 1.54) is 12.1 Å². The predicted octanol–water partition coefficient (Wildman–Crippen LogP) is 3.49. The van der Waals surface area contributed by atoms with Crippen molar-refractivity contribution in [1.82, 2.24) is 0 Å². The van der Waals surface area contributed by atoms with Crippen molar-refractivity contribution in [3.63, 3.8) is 0 Å². The first kappa shape index (κ1) is 16.8. The smallest absolute Gasteiger partial charge is 0.417 e. The zero-order chi connectivity index (χ0) is 16.2. The molecule has 0 aliphatic carbocycles. The van der Waals surface area contributed by atoms with Gasteiger partial charge in [-0.25, -0.2) is 0 Å². The molecule has 1 unspecified atom stereocenters. The first-order valence-corrected chi connectivity index (χ1v) is 6.24. The molecular formula is C14H15F3N2O2. The predicted molar refractivity (Wildman–Crippen MR) is 70.7 cm³/mol. The molecule has 0 bridgehead atoms. The van der Waals surface area contributed by atoms with Gasteiger partial charge >= 0.3 is 12.1 Å². The molecule has 2 N–H and O–H groups in total. The van der Waals surface area contributed by atoms with Crippen LogP contribution in [0.1, 0.15) is 31.4 Å². The number of hydrogen-bond donors (Lipinski definition) is 2. The van der Waals surface area contributed by atoms with Gasteiger partial charge < -0.3 is 10.4 Å². The summed E-state index contributed by atoms with van der Waals surface area (Å²) in [4.78, 5) is 10.8. The van der Waals surface area contributed by atoms with Crippen LogP contribution in [0.25, 0.3) is 0 Å². The Kier molecular flexibility index (Phi) is 5.19. The van der Waals surface area contributed by atoms with Crippen molar-refractivity contribution in [3.05, 3.63) is 29.3 Å². The van der Waals surface area contributed by atoms with Crippen molar-refractivity contribution >= 4 is 11.7 Å². The molecule has 4 nitrogen and oxygen atoms in total. The maximum Gasteiger partial charge on any atom is 0.417 e. The quantitative estimate of drug-likeness (QED) is 0.873. The van der Waals surface area contributed by atoms with Gasteiger partial charge in [0.2, 0.25) is 0 Å². The van der Waals surface area contributed by atoms with Gasteiger partial charge in [0.1, 0.15) is 0 Å². The van der Waals surface area contributed by atoms with Crippen LogP contribution in [-0.2, 0) is 11.0 Å². The second-order valence-corrected chi connectivity index (χ2v) is 4.96. The zero-order valence-electron chi connectivity index (χ0n) is 11.5. The third-order valence-electron chi connectivity index (χ3n) is 3.00. The molecule has 0 amide bonds. The van der Waals surface area contributed by atoms with E-state index >= 15 is 0 Å². The van der Waals surface area contributed by atoms with E-state index in [2.05, 4.69) is 5.32 Å². The molecule has 7 heteroatoms. The highest BCUT2D eigenvalue weighted by Gasteiger charge is 2.34. The molecule has 0 aromatic heterocycles. The Hall–Kier alpha value is -2.23. The molecule has 0 fully saturated rings. The van der Waals surface area contributed by atoms with Gasteiger partial charge in [-0.15, -0.1) is 0 Å². The van der Waals surface area contributed by atoms with Crippen LogP contribution >= 0.6 is 0 Å². The molecule has 0 heterocycles. The number of anilines is 1. The van der Waals surface area contributed by atoms with Crippen molar-refractivity contribution in [1.29, 1.82) is 5.26 Å². The fraction of sp³-hybridized carbons (Fsp3) is 0.429. The molecule has 1 aromatic rings. The number of benzene rings is 1. The maximum atomic E-state index is 12.8. The highest BCUT2D eigenvalue weighted by Crippen LogP contribution is 2.34. The number of halogens is 3. The summed E-state index contributed by atoms with van der Waals surface area (Å²) in [5.41, 5.74) is -1.36. The molecule has 0 saturated carbocycles. The highest BCUT2D eigenvalue weighted by molar-refractivity contribution is 5.68. The summed E-state index contributed by atoms with van der Waals surface area (Å²) < 4.78 is 38.5. The molecule has 0 aliphatic rings. The minimum atomic E-state index is -4.64. The van der Waals surface area contributed by atoms with Gasteiger partial charge in [0.05, 0.1) is 23.6 Å². The maximum absolute atomic E-state index is 12.8. The van der Waals surface area contributed by atoms with Gasteiger partial charge in [-0.05, 0) is 24.1 Å². The monoisotopic (exact) mass is 300 g/mol. The van der Waals surface area contributed by atoms with Gasteiger partial charge in [-0.2, -0.15) is 18.4 Å². The van der Waals surface area contributed by atoms with Crippen LogP contribution in [0.2, 0.25) is 0 Å². The standard InChI is InChI=1S/C14H15F3N2O2/c1-8(2)12(6-13(20)21)19-10-4-3-9(7-18)11(5-10)14(15,16)17/h3-5,8,12,19H,6H2,1-2H3,(H,20,21). The topological polar surface area (TPSA) is 73.1 Å². The molecule has 0 radical (unpaired) electrons. The summed E-state index contributed by atoms with van der Waals surface area (Å²) in [5, 5.41) is 20.3. The van der Waals surface area contributed by atoms with E-state index in [-0.39, 0.29) is 18.0 Å². The van der Waals surface area contributed by atoms with Crippen LogP contribution in [0.3, 0.4) is 0 Å². The summed E-state index contributed by atoms with van der Waals surface area (Å²) in [6.07, 6.45) is -4.85. The van der Waals surface area contributed by atoms with E-state index < -0.39 is 29.3 Å². The SMILES string of the molecule is CC(C)C(CC(=O)O)Nc1ccc(C#N)c(C(F)(F)F)c1. The Morgan fingerprint density at radius 1 is 1.43 bits per heavy atom. The average Bonchev–Trinajstić information content (AvgIpc) is 2.36. The summed E-state index contributed by atoms with van der Waals surface area (Å²) in [5.74, 6) is -1.11. The minimum absolute atomic E-state index is 0.0777. The van der Waals surface area contributed by atoms with Crippen LogP contribution in [0.4, 0.5) is 18.9 Å². The van der Waals surface area contributed by atoms with Gasteiger partial charge in [-0.1, -0.05) is 13.8 Å². The second-order valence-electron chi connectivity index (χ2n) is 4.96. The molecule has 21 heavy (non-hydrogen) atoms. The van der Waals surface area contributed by atoms with E-state index in [1.807, 2.05) is 0 Å². The van der Waals surface area contributed by atoms with Crippen LogP contribution in [-0.4, -0.2) is 17.1 Å². The van der Waals surface area contributed by atoms with E-state index in [1.54, 1.807) is 13.8 Å². The number of carboxylic acid groups (broad SMARTS) is 1. The van der Waals surface area contributed by atoms with Crippen LogP contribution < -0.4 is 5.32 Å². The van der Waals surface area contributed by atoms with Gasteiger partial charge in [-0.3, -0.25) is 4.79 Å². The molecule has 1 aromatic carbocycles. The third kappa shape index (κ3) is 4.67. The lowest BCUT2D eigenvalue weighted by Gasteiger charge is -2.22. The fourth-order valence-electron chi connectivity index (χ4n) is 1.82. The Balaban J connectivity index is 3.09. The first-order valence-electron chi connectivity index (χ1n) is 6.24. The lowest BCUT2D eigenvalue weighted by Crippen LogP contribution is -2.28.